The molecule has 1 fully saturated rings. The van der Waals surface area contributed by atoms with Gasteiger partial charge in [-0.15, -0.1) is 0 Å². The van der Waals surface area contributed by atoms with Crippen LogP contribution in [-0.2, 0) is 0 Å². The van der Waals surface area contributed by atoms with E-state index in [1.165, 1.54) is 64.3 Å². The first-order valence-corrected chi connectivity index (χ1v) is 8.17. The molecule has 0 radical (unpaired) electrons. The first kappa shape index (κ1) is 16.0. The third-order valence-corrected chi connectivity index (χ3v) is 4.82. The van der Waals surface area contributed by atoms with Crippen molar-refractivity contribution >= 4 is 0 Å². The molecule has 0 heterocycles. The molecule has 1 saturated carbocycles. The van der Waals surface area contributed by atoms with Crippen molar-refractivity contribution in [2.45, 2.75) is 71.6 Å². The third-order valence-electron chi connectivity index (χ3n) is 4.82. The van der Waals surface area contributed by atoms with Crippen LogP contribution in [0.1, 0.15) is 71.6 Å². The summed E-state index contributed by atoms with van der Waals surface area (Å²) in [5.74, 6) is 0.864. The third kappa shape index (κ3) is 5.27. The van der Waals surface area contributed by atoms with Crippen molar-refractivity contribution in [2.75, 3.05) is 19.6 Å². The fraction of sp³-hybridized carbons (Fsp3) is 1.00. The van der Waals surface area contributed by atoms with Gasteiger partial charge in [-0.25, -0.2) is 0 Å². The van der Waals surface area contributed by atoms with Crippen LogP contribution in [0.2, 0.25) is 0 Å². The van der Waals surface area contributed by atoms with E-state index < -0.39 is 0 Å². The van der Waals surface area contributed by atoms with Crippen LogP contribution >= 0.6 is 0 Å². The van der Waals surface area contributed by atoms with E-state index in [4.69, 9.17) is 5.73 Å². The van der Waals surface area contributed by atoms with Gasteiger partial charge in [0.25, 0.3) is 0 Å². The number of rotatable bonds is 9. The van der Waals surface area contributed by atoms with Gasteiger partial charge in [0.05, 0.1) is 0 Å². The smallest absolute Gasteiger partial charge is 0.00200 e. The Bertz CT molecular complexity index is 197. The maximum atomic E-state index is 6.03. The van der Waals surface area contributed by atoms with E-state index in [1.807, 2.05) is 0 Å². The SMILES string of the molecule is CCCCC(CC)CNCC1(CN)CCCCC1. The topological polar surface area (TPSA) is 38.0 Å². The van der Waals surface area contributed by atoms with Crippen molar-refractivity contribution in [3.63, 3.8) is 0 Å². The summed E-state index contributed by atoms with van der Waals surface area (Å²) >= 11 is 0. The average Bonchev–Trinajstić information content (AvgIpc) is 2.43. The summed E-state index contributed by atoms with van der Waals surface area (Å²) in [4.78, 5) is 0. The first-order chi connectivity index (χ1) is 8.76. The lowest BCUT2D eigenvalue weighted by molar-refractivity contribution is 0.187. The molecular weight excluding hydrogens is 220 g/mol. The van der Waals surface area contributed by atoms with Crippen LogP contribution in [0.25, 0.3) is 0 Å². The van der Waals surface area contributed by atoms with E-state index in [2.05, 4.69) is 19.2 Å². The molecule has 18 heavy (non-hydrogen) atoms. The number of unbranched alkanes of at least 4 members (excludes halogenated alkanes) is 1. The Kier molecular flexibility index (Phi) is 7.92. The highest BCUT2D eigenvalue weighted by Crippen LogP contribution is 2.34. The molecule has 1 rings (SSSR count). The molecule has 0 amide bonds. The van der Waals surface area contributed by atoms with E-state index in [-0.39, 0.29) is 0 Å². The molecule has 1 aliphatic rings. The van der Waals surface area contributed by atoms with Gasteiger partial charge in [0.1, 0.15) is 0 Å². The van der Waals surface area contributed by atoms with Crippen LogP contribution in [-0.4, -0.2) is 19.6 Å². The molecule has 1 atom stereocenters. The van der Waals surface area contributed by atoms with E-state index >= 15 is 0 Å². The number of hydrogen-bond donors (Lipinski definition) is 2. The van der Waals surface area contributed by atoms with E-state index in [0.29, 0.717) is 5.41 Å². The summed E-state index contributed by atoms with van der Waals surface area (Å²) in [7, 11) is 0. The Hall–Kier alpha value is -0.0800. The minimum absolute atomic E-state index is 0.418. The van der Waals surface area contributed by atoms with Crippen LogP contribution in [0.4, 0.5) is 0 Å². The Morgan fingerprint density at radius 1 is 1.17 bits per heavy atom. The van der Waals surface area contributed by atoms with Crippen molar-refractivity contribution in [3.8, 4) is 0 Å². The highest BCUT2D eigenvalue weighted by Gasteiger charge is 2.30. The average molecular weight is 254 g/mol. The second-order valence-electron chi connectivity index (χ2n) is 6.31. The lowest BCUT2D eigenvalue weighted by Gasteiger charge is -2.37. The Labute approximate surface area is 114 Å². The minimum atomic E-state index is 0.418. The Balaban J connectivity index is 2.24. The van der Waals surface area contributed by atoms with Gasteiger partial charge in [-0.05, 0) is 43.7 Å². The summed E-state index contributed by atoms with van der Waals surface area (Å²) in [6.07, 6.45) is 12.2. The summed E-state index contributed by atoms with van der Waals surface area (Å²) in [6.45, 7) is 7.81. The molecular formula is C16H34N2. The Morgan fingerprint density at radius 3 is 2.44 bits per heavy atom. The monoisotopic (exact) mass is 254 g/mol. The van der Waals surface area contributed by atoms with E-state index in [9.17, 15) is 0 Å². The molecule has 0 aromatic rings. The van der Waals surface area contributed by atoms with Gasteiger partial charge in [-0.3, -0.25) is 0 Å². The molecule has 3 N–H and O–H groups in total. The molecule has 1 aliphatic carbocycles. The molecule has 108 valence electrons. The predicted octanol–water partition coefficient (Wildman–Crippen LogP) is 3.70. The zero-order chi connectivity index (χ0) is 13.3. The normalized spacial score (nSPS) is 20.8. The van der Waals surface area contributed by atoms with Crippen molar-refractivity contribution in [1.82, 2.24) is 5.32 Å². The molecule has 2 heteroatoms. The zero-order valence-electron chi connectivity index (χ0n) is 12.6. The van der Waals surface area contributed by atoms with Crippen LogP contribution in [0, 0.1) is 11.3 Å². The molecule has 0 bridgehead atoms. The molecule has 2 nitrogen and oxygen atoms in total. The molecule has 0 spiro atoms. The van der Waals surface area contributed by atoms with Crippen LogP contribution in [0.5, 0.6) is 0 Å². The molecule has 0 aliphatic heterocycles. The number of nitrogens with one attached hydrogen (secondary N) is 1. The molecule has 0 aromatic heterocycles. The molecule has 0 saturated heterocycles. The van der Waals surface area contributed by atoms with Crippen LogP contribution in [0.15, 0.2) is 0 Å². The second kappa shape index (κ2) is 8.92. The van der Waals surface area contributed by atoms with E-state index in [0.717, 1.165) is 19.0 Å². The van der Waals surface area contributed by atoms with Crippen molar-refractivity contribution < 1.29 is 0 Å². The predicted molar refractivity (Wildman–Crippen MR) is 80.7 cm³/mol. The van der Waals surface area contributed by atoms with Gasteiger partial charge in [0.15, 0.2) is 0 Å². The minimum Gasteiger partial charge on any atom is -0.330 e. The maximum absolute atomic E-state index is 6.03. The highest BCUT2D eigenvalue weighted by atomic mass is 14.9. The fourth-order valence-electron chi connectivity index (χ4n) is 3.24. The second-order valence-corrected chi connectivity index (χ2v) is 6.31. The van der Waals surface area contributed by atoms with Gasteiger partial charge in [0.2, 0.25) is 0 Å². The lowest BCUT2D eigenvalue weighted by Crippen LogP contribution is -2.43. The quantitative estimate of drug-likeness (QED) is 0.658. The number of nitrogens with two attached hydrogens (primary N) is 1. The largest absolute Gasteiger partial charge is 0.330 e. The zero-order valence-corrected chi connectivity index (χ0v) is 12.6. The number of hydrogen-bond acceptors (Lipinski definition) is 2. The molecule has 1 unspecified atom stereocenters. The van der Waals surface area contributed by atoms with Crippen LogP contribution in [0.3, 0.4) is 0 Å². The van der Waals surface area contributed by atoms with Gasteiger partial charge < -0.3 is 11.1 Å². The van der Waals surface area contributed by atoms with Gasteiger partial charge in [-0.2, -0.15) is 0 Å². The Morgan fingerprint density at radius 2 is 1.89 bits per heavy atom. The lowest BCUT2D eigenvalue weighted by atomic mass is 9.74. The van der Waals surface area contributed by atoms with Crippen molar-refractivity contribution in [3.05, 3.63) is 0 Å². The fourth-order valence-corrected chi connectivity index (χ4v) is 3.24. The van der Waals surface area contributed by atoms with Gasteiger partial charge >= 0.3 is 0 Å². The first-order valence-electron chi connectivity index (χ1n) is 8.17. The van der Waals surface area contributed by atoms with Gasteiger partial charge in [0, 0.05) is 6.54 Å². The summed E-state index contributed by atoms with van der Waals surface area (Å²) in [5, 5.41) is 3.73. The van der Waals surface area contributed by atoms with Crippen molar-refractivity contribution in [2.24, 2.45) is 17.1 Å². The van der Waals surface area contributed by atoms with E-state index in [1.54, 1.807) is 0 Å². The maximum Gasteiger partial charge on any atom is 0.00200 e. The summed E-state index contributed by atoms with van der Waals surface area (Å²) < 4.78 is 0. The van der Waals surface area contributed by atoms with Crippen molar-refractivity contribution in [1.29, 1.82) is 0 Å². The summed E-state index contributed by atoms with van der Waals surface area (Å²) in [6, 6.07) is 0. The highest BCUT2D eigenvalue weighted by molar-refractivity contribution is 4.86. The summed E-state index contributed by atoms with van der Waals surface area (Å²) in [5.41, 5.74) is 6.45. The standard InChI is InChI=1S/C16H34N2/c1-3-5-9-15(4-2)12-18-14-16(13-17)10-7-6-8-11-16/h15,18H,3-14,17H2,1-2H3. The van der Waals surface area contributed by atoms with Crippen LogP contribution < -0.4 is 11.1 Å². The molecule has 0 aromatic carbocycles. The van der Waals surface area contributed by atoms with Gasteiger partial charge in [-0.1, -0.05) is 52.4 Å².